The van der Waals surface area contributed by atoms with E-state index in [0.717, 1.165) is 5.92 Å². The van der Waals surface area contributed by atoms with Crippen LogP contribution in [0, 0.1) is 5.92 Å². The fourth-order valence-electron chi connectivity index (χ4n) is 3.01. The molecule has 2 nitrogen and oxygen atoms in total. The first kappa shape index (κ1) is 18.5. The van der Waals surface area contributed by atoms with Crippen molar-refractivity contribution in [3.63, 3.8) is 0 Å². The zero-order chi connectivity index (χ0) is 13.1. The molecule has 0 heterocycles. The van der Waals surface area contributed by atoms with Crippen molar-refractivity contribution in [2.75, 3.05) is 0 Å². The second-order valence-corrected chi connectivity index (χ2v) is 6.05. The van der Waals surface area contributed by atoms with Gasteiger partial charge >= 0.3 is 0 Å². The van der Waals surface area contributed by atoms with Crippen molar-refractivity contribution in [2.45, 2.75) is 50.2 Å². The van der Waals surface area contributed by atoms with Gasteiger partial charge in [0.15, 0.2) is 0 Å². The summed E-state index contributed by atoms with van der Waals surface area (Å²) in [7, 11) is 0. The molecule has 21 heavy (non-hydrogen) atoms. The van der Waals surface area contributed by atoms with E-state index in [0.29, 0.717) is 18.1 Å². The van der Waals surface area contributed by atoms with Gasteiger partial charge in [0.25, 0.3) is 0 Å². The monoisotopic (exact) mass is 328 g/mol. The van der Waals surface area contributed by atoms with E-state index in [-0.39, 0.29) is 24.8 Å². The van der Waals surface area contributed by atoms with Gasteiger partial charge in [-0.3, -0.25) is 0 Å². The number of nitrogens with two attached hydrogens (primary N) is 1. The standard InChI is InChI=1S/C17H24N2.2ClH/c18-15-8-10-16(11-9-15)19-17-12-14(17)7-6-13-4-2-1-3-5-13;;/h1-7,14-17,19H,8-12,18H2;2*1H/b7-6+;;. The molecule has 1 aromatic carbocycles. The third kappa shape index (κ3) is 5.63. The van der Waals surface area contributed by atoms with Crippen LogP contribution in [0.1, 0.15) is 37.7 Å². The molecular weight excluding hydrogens is 303 g/mol. The molecule has 0 radical (unpaired) electrons. The Morgan fingerprint density at radius 1 is 1.00 bits per heavy atom. The van der Waals surface area contributed by atoms with Crippen molar-refractivity contribution in [3.05, 3.63) is 42.0 Å². The average molecular weight is 329 g/mol. The fraction of sp³-hybridized carbons (Fsp3) is 0.529. The van der Waals surface area contributed by atoms with Gasteiger partial charge in [-0.05, 0) is 43.6 Å². The molecule has 0 bridgehead atoms. The second-order valence-electron chi connectivity index (χ2n) is 6.05. The minimum Gasteiger partial charge on any atom is -0.328 e. The molecule has 1 aromatic rings. The van der Waals surface area contributed by atoms with E-state index < -0.39 is 0 Å². The number of halogens is 2. The van der Waals surface area contributed by atoms with E-state index in [2.05, 4.69) is 47.8 Å². The molecule has 118 valence electrons. The van der Waals surface area contributed by atoms with Crippen LogP contribution < -0.4 is 11.1 Å². The molecular formula is C17H26Cl2N2. The summed E-state index contributed by atoms with van der Waals surface area (Å²) in [5, 5.41) is 3.79. The Balaban J connectivity index is 0.00000110. The van der Waals surface area contributed by atoms with E-state index in [1.807, 2.05) is 0 Å². The van der Waals surface area contributed by atoms with E-state index in [1.165, 1.54) is 37.7 Å². The van der Waals surface area contributed by atoms with Crippen LogP contribution >= 0.6 is 24.8 Å². The molecule has 2 saturated carbocycles. The van der Waals surface area contributed by atoms with Crippen LogP contribution in [0.25, 0.3) is 6.08 Å². The van der Waals surface area contributed by atoms with Gasteiger partial charge in [-0.2, -0.15) is 0 Å². The third-order valence-corrected chi connectivity index (χ3v) is 4.40. The van der Waals surface area contributed by atoms with E-state index in [9.17, 15) is 0 Å². The minimum absolute atomic E-state index is 0. The number of hydrogen-bond donors (Lipinski definition) is 2. The summed E-state index contributed by atoms with van der Waals surface area (Å²) >= 11 is 0. The first-order valence-electron chi connectivity index (χ1n) is 7.56. The van der Waals surface area contributed by atoms with E-state index in [4.69, 9.17) is 5.73 Å². The lowest BCUT2D eigenvalue weighted by Gasteiger charge is -2.27. The average Bonchev–Trinajstić information content (AvgIpc) is 3.19. The predicted octanol–water partition coefficient (Wildman–Crippen LogP) is 3.79. The Kier molecular flexibility index (Phi) is 7.75. The van der Waals surface area contributed by atoms with Gasteiger partial charge in [-0.1, -0.05) is 42.5 Å². The molecule has 0 amide bonds. The Morgan fingerprint density at radius 2 is 1.67 bits per heavy atom. The maximum Gasteiger partial charge on any atom is 0.0139 e. The first-order valence-corrected chi connectivity index (χ1v) is 7.56. The summed E-state index contributed by atoms with van der Waals surface area (Å²) in [6.07, 6.45) is 10.8. The third-order valence-electron chi connectivity index (χ3n) is 4.40. The van der Waals surface area contributed by atoms with Crippen LogP contribution in [-0.2, 0) is 0 Å². The molecule has 0 aromatic heterocycles. The van der Waals surface area contributed by atoms with Crippen LogP contribution in [0.15, 0.2) is 36.4 Å². The van der Waals surface area contributed by atoms with Crippen molar-refractivity contribution in [3.8, 4) is 0 Å². The van der Waals surface area contributed by atoms with Crippen LogP contribution in [0.4, 0.5) is 0 Å². The number of nitrogens with one attached hydrogen (secondary N) is 1. The van der Waals surface area contributed by atoms with Gasteiger partial charge in [0.2, 0.25) is 0 Å². The molecule has 2 aliphatic rings. The summed E-state index contributed by atoms with van der Waals surface area (Å²) in [6, 6.07) is 12.4. The molecule has 3 N–H and O–H groups in total. The van der Waals surface area contributed by atoms with Gasteiger partial charge in [0, 0.05) is 18.1 Å². The molecule has 3 rings (SSSR count). The SMILES string of the molecule is Cl.Cl.NC1CCC(NC2CC2/C=C/c2ccccc2)CC1. The highest BCUT2D eigenvalue weighted by molar-refractivity contribution is 5.85. The Labute approximate surface area is 140 Å². The smallest absolute Gasteiger partial charge is 0.0139 e. The van der Waals surface area contributed by atoms with Crippen LogP contribution in [0.5, 0.6) is 0 Å². The van der Waals surface area contributed by atoms with Crippen molar-refractivity contribution in [1.82, 2.24) is 5.32 Å². The van der Waals surface area contributed by atoms with Crippen molar-refractivity contribution < 1.29 is 0 Å². The summed E-state index contributed by atoms with van der Waals surface area (Å²) in [5.41, 5.74) is 7.25. The second kappa shape index (κ2) is 8.79. The summed E-state index contributed by atoms with van der Waals surface area (Å²) in [5.74, 6) is 0.732. The fourth-order valence-corrected chi connectivity index (χ4v) is 3.01. The van der Waals surface area contributed by atoms with Crippen molar-refractivity contribution >= 4 is 30.9 Å². The molecule has 0 aliphatic heterocycles. The Hall–Kier alpha value is -0.540. The lowest BCUT2D eigenvalue weighted by atomic mass is 9.92. The molecule has 2 fully saturated rings. The summed E-state index contributed by atoms with van der Waals surface area (Å²) in [6.45, 7) is 0. The molecule has 0 spiro atoms. The highest BCUT2D eigenvalue weighted by Gasteiger charge is 2.36. The largest absolute Gasteiger partial charge is 0.328 e. The minimum atomic E-state index is 0. The molecule has 2 unspecified atom stereocenters. The topological polar surface area (TPSA) is 38.0 Å². The van der Waals surface area contributed by atoms with Crippen LogP contribution in [0.3, 0.4) is 0 Å². The Morgan fingerprint density at radius 3 is 2.33 bits per heavy atom. The zero-order valence-corrected chi connectivity index (χ0v) is 13.9. The quantitative estimate of drug-likeness (QED) is 0.882. The highest BCUT2D eigenvalue weighted by atomic mass is 35.5. The summed E-state index contributed by atoms with van der Waals surface area (Å²) < 4.78 is 0. The Bertz CT molecular complexity index is 428. The van der Waals surface area contributed by atoms with Crippen LogP contribution in [-0.4, -0.2) is 18.1 Å². The number of rotatable bonds is 4. The van der Waals surface area contributed by atoms with Gasteiger partial charge in [-0.25, -0.2) is 0 Å². The van der Waals surface area contributed by atoms with Gasteiger partial charge in [-0.15, -0.1) is 24.8 Å². The predicted molar refractivity (Wildman–Crippen MR) is 95.2 cm³/mol. The number of benzene rings is 1. The molecule has 4 heteroatoms. The van der Waals surface area contributed by atoms with E-state index >= 15 is 0 Å². The normalized spacial score (nSPS) is 31.3. The maximum absolute atomic E-state index is 5.94. The summed E-state index contributed by atoms with van der Waals surface area (Å²) in [4.78, 5) is 0. The number of hydrogen-bond acceptors (Lipinski definition) is 2. The zero-order valence-electron chi connectivity index (χ0n) is 12.3. The van der Waals surface area contributed by atoms with Gasteiger partial charge in [0.05, 0.1) is 0 Å². The molecule has 2 aliphatic carbocycles. The van der Waals surface area contributed by atoms with Crippen molar-refractivity contribution in [2.24, 2.45) is 11.7 Å². The lowest BCUT2D eigenvalue weighted by molar-refractivity contribution is 0.339. The van der Waals surface area contributed by atoms with Crippen LogP contribution in [0.2, 0.25) is 0 Å². The highest BCUT2D eigenvalue weighted by Crippen LogP contribution is 2.34. The van der Waals surface area contributed by atoms with E-state index in [1.54, 1.807) is 0 Å². The maximum atomic E-state index is 5.94. The van der Waals surface area contributed by atoms with Crippen molar-refractivity contribution in [1.29, 1.82) is 0 Å². The van der Waals surface area contributed by atoms with Gasteiger partial charge < -0.3 is 11.1 Å². The first-order chi connectivity index (χ1) is 9.31. The lowest BCUT2D eigenvalue weighted by Crippen LogP contribution is -2.38. The molecule has 2 atom stereocenters. The molecule has 0 saturated heterocycles. The van der Waals surface area contributed by atoms with Gasteiger partial charge in [0.1, 0.15) is 0 Å².